The van der Waals surface area contributed by atoms with Crippen molar-refractivity contribution in [1.29, 1.82) is 0 Å². The summed E-state index contributed by atoms with van der Waals surface area (Å²) in [6.45, 7) is 0.329. The minimum Gasteiger partial charge on any atom is -0.448 e. The molecule has 200 valence electrons. The molecule has 2 heterocycles. The highest BCUT2D eigenvalue weighted by Gasteiger charge is 2.44. The zero-order valence-electron chi connectivity index (χ0n) is 22.5. The second kappa shape index (κ2) is 10.4. The van der Waals surface area contributed by atoms with Crippen LogP contribution < -0.4 is 0 Å². The Kier molecular flexibility index (Phi) is 6.47. The molecule has 2 unspecified atom stereocenters. The molecule has 1 amide bonds. The molecule has 3 aliphatic rings. The summed E-state index contributed by atoms with van der Waals surface area (Å²) in [6.07, 6.45) is 4.09. The molecule has 0 radical (unpaired) electrons. The zero-order valence-corrected chi connectivity index (χ0v) is 22.5. The van der Waals surface area contributed by atoms with E-state index in [4.69, 9.17) is 4.74 Å². The fourth-order valence-corrected chi connectivity index (χ4v) is 7.35. The maximum Gasteiger partial charge on any atom is 0.410 e. The number of ketones is 1. The molecule has 2 aliphatic heterocycles. The molecule has 40 heavy (non-hydrogen) atoms. The Bertz CT molecular complexity index is 1500. The van der Waals surface area contributed by atoms with E-state index in [0.29, 0.717) is 19.4 Å². The molecule has 1 aliphatic carbocycles. The van der Waals surface area contributed by atoms with Crippen LogP contribution in [0.3, 0.4) is 0 Å². The summed E-state index contributed by atoms with van der Waals surface area (Å²) >= 11 is 0. The molecule has 0 saturated carbocycles. The molecule has 7 rings (SSSR count). The van der Waals surface area contributed by atoms with Gasteiger partial charge in [0.2, 0.25) is 0 Å². The second-order valence-electron chi connectivity index (χ2n) is 11.4. The van der Waals surface area contributed by atoms with Gasteiger partial charge in [-0.3, -0.25) is 4.79 Å². The van der Waals surface area contributed by atoms with Crippen LogP contribution in [0.25, 0.3) is 22.3 Å². The average Bonchev–Trinajstić information content (AvgIpc) is 3.33. The second-order valence-corrected chi connectivity index (χ2v) is 11.4. The molecular formula is C36H33NO3. The van der Waals surface area contributed by atoms with Gasteiger partial charge in [0.1, 0.15) is 6.61 Å². The van der Waals surface area contributed by atoms with Gasteiger partial charge < -0.3 is 9.64 Å². The van der Waals surface area contributed by atoms with Crippen molar-refractivity contribution in [3.8, 4) is 22.3 Å². The molecule has 4 aromatic carbocycles. The van der Waals surface area contributed by atoms with Crippen LogP contribution in [-0.4, -0.2) is 35.5 Å². The molecular weight excluding hydrogens is 494 g/mol. The summed E-state index contributed by atoms with van der Waals surface area (Å²) in [6, 6.07) is 35.0. The molecule has 2 fully saturated rings. The van der Waals surface area contributed by atoms with Crippen LogP contribution in [0.2, 0.25) is 0 Å². The number of piperidine rings is 2. The van der Waals surface area contributed by atoms with Crippen LogP contribution >= 0.6 is 0 Å². The maximum atomic E-state index is 13.9. The first-order chi connectivity index (χ1) is 19.7. The Balaban J connectivity index is 1.08. The van der Waals surface area contributed by atoms with E-state index in [1.54, 1.807) is 0 Å². The van der Waals surface area contributed by atoms with Gasteiger partial charge in [0, 0.05) is 29.5 Å². The smallest absolute Gasteiger partial charge is 0.410 e. The summed E-state index contributed by atoms with van der Waals surface area (Å²) in [7, 11) is 0. The number of hydrogen-bond donors (Lipinski definition) is 0. The van der Waals surface area contributed by atoms with Crippen molar-refractivity contribution in [2.75, 3.05) is 6.61 Å². The normalized spacial score (nSPS) is 21.4. The third kappa shape index (κ3) is 4.32. The number of ether oxygens (including phenoxy) is 1. The first-order valence-electron chi connectivity index (χ1n) is 14.5. The molecule has 2 atom stereocenters. The molecule has 4 nitrogen and oxygen atoms in total. The summed E-state index contributed by atoms with van der Waals surface area (Å²) in [5, 5.41) is 0. The van der Waals surface area contributed by atoms with Crippen LogP contribution in [-0.2, 0) is 4.74 Å². The summed E-state index contributed by atoms with van der Waals surface area (Å²) in [4.78, 5) is 29.5. The first-order valence-corrected chi connectivity index (χ1v) is 14.5. The van der Waals surface area contributed by atoms with Crippen molar-refractivity contribution in [3.63, 3.8) is 0 Å². The van der Waals surface area contributed by atoms with Crippen molar-refractivity contribution >= 4 is 11.9 Å². The third-order valence-electron chi connectivity index (χ3n) is 9.17. The molecule has 0 spiro atoms. The van der Waals surface area contributed by atoms with E-state index in [-0.39, 0.29) is 35.8 Å². The van der Waals surface area contributed by atoms with Crippen molar-refractivity contribution in [1.82, 2.24) is 4.90 Å². The van der Waals surface area contributed by atoms with Crippen LogP contribution in [0, 0.1) is 5.92 Å². The Labute approximate surface area is 235 Å². The number of nitrogens with zero attached hydrogens (tertiary/aromatic N) is 1. The highest BCUT2D eigenvalue weighted by molar-refractivity contribution is 6.04. The quantitative estimate of drug-likeness (QED) is 0.246. The molecule has 4 heteroatoms. The van der Waals surface area contributed by atoms with Gasteiger partial charge in [-0.2, -0.15) is 0 Å². The van der Waals surface area contributed by atoms with Gasteiger partial charge in [-0.1, -0.05) is 103 Å². The fourth-order valence-electron chi connectivity index (χ4n) is 7.35. The van der Waals surface area contributed by atoms with Crippen LogP contribution in [0.5, 0.6) is 0 Å². The highest BCUT2D eigenvalue weighted by atomic mass is 16.6. The average molecular weight is 528 g/mol. The van der Waals surface area contributed by atoms with E-state index in [1.807, 2.05) is 47.4 Å². The van der Waals surface area contributed by atoms with E-state index >= 15 is 0 Å². The number of rotatable bonds is 5. The van der Waals surface area contributed by atoms with Gasteiger partial charge in [0.25, 0.3) is 0 Å². The van der Waals surface area contributed by atoms with Crippen molar-refractivity contribution in [2.45, 2.75) is 50.1 Å². The Morgan fingerprint density at radius 2 is 1.23 bits per heavy atom. The van der Waals surface area contributed by atoms with E-state index in [1.165, 1.54) is 22.3 Å². The minimum atomic E-state index is -0.229. The van der Waals surface area contributed by atoms with E-state index in [9.17, 15) is 9.59 Å². The monoisotopic (exact) mass is 527 g/mol. The van der Waals surface area contributed by atoms with Gasteiger partial charge in [-0.05, 0) is 65.5 Å². The van der Waals surface area contributed by atoms with Crippen LogP contribution in [0.15, 0.2) is 103 Å². The van der Waals surface area contributed by atoms with Gasteiger partial charge in [0.05, 0.1) is 0 Å². The lowest BCUT2D eigenvalue weighted by atomic mass is 9.75. The highest BCUT2D eigenvalue weighted by Crippen LogP contribution is 2.45. The number of hydrogen-bond acceptors (Lipinski definition) is 3. The predicted octanol–water partition coefficient (Wildman–Crippen LogP) is 8.12. The molecule has 4 aromatic rings. The molecule has 2 saturated heterocycles. The summed E-state index contributed by atoms with van der Waals surface area (Å²) < 4.78 is 6.07. The van der Waals surface area contributed by atoms with Gasteiger partial charge >= 0.3 is 6.09 Å². The first kappa shape index (κ1) is 24.8. The molecule has 2 bridgehead atoms. The number of fused-ring (bicyclic) bond motifs is 5. The van der Waals surface area contributed by atoms with Gasteiger partial charge in [-0.25, -0.2) is 4.79 Å². The predicted molar refractivity (Wildman–Crippen MR) is 157 cm³/mol. The number of benzene rings is 4. The SMILES string of the molecule is O=C(c1ccccc1-c1ccccc1)C1CC2CCCC(C1)N2C(=O)OCC1c2ccccc2-c2ccccc21. The standard InChI is InChI=1S/C36H33NO3/c38-35(33-20-9-4-15-28(33)24-11-2-1-3-12-24)25-21-26-13-10-14-27(22-25)37(26)36(39)40-23-34-31-18-7-5-16-29(31)30-17-6-8-19-32(30)34/h1-9,11-12,15-20,25-27,34H,10,13-14,21-23H2. The number of carbonyl (C=O) groups is 2. The van der Waals surface area contributed by atoms with Crippen molar-refractivity contribution in [2.24, 2.45) is 5.92 Å². The molecule has 0 N–H and O–H groups in total. The molecule has 0 aromatic heterocycles. The van der Waals surface area contributed by atoms with Crippen molar-refractivity contribution in [3.05, 3.63) is 120 Å². The topological polar surface area (TPSA) is 46.6 Å². The largest absolute Gasteiger partial charge is 0.448 e. The summed E-state index contributed by atoms with van der Waals surface area (Å²) in [5.74, 6) is 0.158. The zero-order chi connectivity index (χ0) is 27.1. The minimum absolute atomic E-state index is 0.0426. The lowest BCUT2D eigenvalue weighted by molar-refractivity contribution is 0.00652. The van der Waals surface area contributed by atoms with Crippen LogP contribution in [0.1, 0.15) is 59.5 Å². The van der Waals surface area contributed by atoms with Gasteiger partial charge in [0.15, 0.2) is 5.78 Å². The number of Topliss-reactive ketones (excluding diaryl/α,β-unsaturated/α-hetero) is 1. The Hall–Kier alpha value is -4.18. The lowest BCUT2D eigenvalue weighted by Crippen LogP contribution is -2.55. The fraction of sp³-hybridized carbons (Fsp3) is 0.278. The van der Waals surface area contributed by atoms with Crippen LogP contribution in [0.4, 0.5) is 4.79 Å². The maximum absolute atomic E-state index is 13.9. The Morgan fingerprint density at radius 3 is 1.88 bits per heavy atom. The third-order valence-corrected chi connectivity index (χ3v) is 9.17. The van der Waals surface area contributed by atoms with E-state index < -0.39 is 0 Å². The van der Waals surface area contributed by atoms with E-state index in [2.05, 4.69) is 60.7 Å². The summed E-state index contributed by atoms with van der Waals surface area (Å²) in [5.41, 5.74) is 7.72. The van der Waals surface area contributed by atoms with E-state index in [0.717, 1.165) is 36.0 Å². The van der Waals surface area contributed by atoms with Gasteiger partial charge in [-0.15, -0.1) is 0 Å². The number of amides is 1. The Morgan fingerprint density at radius 1 is 0.675 bits per heavy atom. The number of carbonyl (C=O) groups excluding carboxylic acids is 2. The van der Waals surface area contributed by atoms with Crippen molar-refractivity contribution < 1.29 is 14.3 Å². The lowest BCUT2D eigenvalue weighted by Gasteiger charge is -2.47.